The molecule has 0 spiro atoms. The third-order valence-electron chi connectivity index (χ3n) is 1.69. The van der Waals surface area contributed by atoms with Gasteiger partial charge in [0.15, 0.2) is 6.29 Å². The van der Waals surface area contributed by atoms with Gasteiger partial charge in [-0.1, -0.05) is 30.3 Å². The van der Waals surface area contributed by atoms with Crippen molar-refractivity contribution in [1.82, 2.24) is 5.32 Å². The summed E-state index contributed by atoms with van der Waals surface area (Å²) in [7, 11) is 1.59. The second-order valence-corrected chi connectivity index (χ2v) is 2.50. The molecule has 0 atom stereocenters. The summed E-state index contributed by atoms with van der Waals surface area (Å²) in [5.74, 6) is -0.0295. The molecule has 1 aromatic rings. The van der Waals surface area contributed by atoms with E-state index in [4.69, 9.17) is 0 Å². The van der Waals surface area contributed by atoms with E-state index in [-0.39, 0.29) is 11.5 Å². The highest BCUT2D eigenvalue weighted by molar-refractivity contribution is 5.84. The second-order valence-electron chi connectivity index (χ2n) is 2.50. The minimum absolute atomic E-state index is 0.0295. The highest BCUT2D eigenvalue weighted by Crippen LogP contribution is 2.12. The van der Waals surface area contributed by atoms with Gasteiger partial charge in [0, 0.05) is 12.6 Å². The molecule has 2 N–H and O–H groups in total. The lowest BCUT2D eigenvalue weighted by atomic mass is 10.1. The number of carbonyl (C=O) groups is 1. The van der Waals surface area contributed by atoms with Gasteiger partial charge >= 0.3 is 0 Å². The van der Waals surface area contributed by atoms with Crippen molar-refractivity contribution in [2.75, 3.05) is 7.05 Å². The van der Waals surface area contributed by atoms with Crippen molar-refractivity contribution < 1.29 is 9.90 Å². The van der Waals surface area contributed by atoms with Crippen molar-refractivity contribution in [3.63, 3.8) is 0 Å². The lowest BCUT2D eigenvalue weighted by Gasteiger charge is -2.03. The fourth-order valence-electron chi connectivity index (χ4n) is 0.985. The highest BCUT2D eigenvalue weighted by Gasteiger charge is 2.03. The molecule has 0 aliphatic rings. The molecule has 0 saturated carbocycles. The highest BCUT2D eigenvalue weighted by atomic mass is 16.3. The van der Waals surface area contributed by atoms with Crippen LogP contribution in [0.1, 0.15) is 5.56 Å². The third-order valence-corrected chi connectivity index (χ3v) is 1.69. The van der Waals surface area contributed by atoms with Crippen LogP contribution >= 0.6 is 0 Å². The Kier molecular flexibility index (Phi) is 3.09. The maximum atomic E-state index is 10.5. The van der Waals surface area contributed by atoms with Crippen molar-refractivity contribution in [1.29, 1.82) is 0 Å². The maximum Gasteiger partial charge on any atom is 0.169 e. The molecule has 0 aromatic heterocycles. The average Bonchev–Trinajstić information content (AvgIpc) is 2.21. The largest absolute Gasteiger partial charge is 0.505 e. The van der Waals surface area contributed by atoms with Crippen LogP contribution in [0, 0.1) is 0 Å². The normalized spacial score (nSPS) is 11.8. The third kappa shape index (κ3) is 2.08. The van der Waals surface area contributed by atoms with E-state index in [0.717, 1.165) is 0 Å². The molecule has 0 fully saturated rings. The van der Waals surface area contributed by atoms with E-state index in [0.29, 0.717) is 11.8 Å². The molecule has 0 aliphatic heterocycles. The molecular weight excluding hydrogens is 166 g/mol. The molecule has 0 radical (unpaired) electrons. The van der Waals surface area contributed by atoms with Crippen LogP contribution < -0.4 is 5.32 Å². The minimum atomic E-state index is -0.0295. The van der Waals surface area contributed by atoms with Crippen molar-refractivity contribution in [2.24, 2.45) is 0 Å². The van der Waals surface area contributed by atoms with Gasteiger partial charge in [0.05, 0.1) is 0 Å². The molecule has 3 heteroatoms. The standard InChI is InChI=1S/C10H11NO2/c1-11-9(7-12)10(13)8-5-3-2-4-6-8/h2-7,11,13H,1H3/b10-9-. The molecule has 0 bridgehead atoms. The first-order valence-electron chi connectivity index (χ1n) is 3.91. The summed E-state index contributed by atoms with van der Waals surface area (Å²) in [5, 5.41) is 12.2. The van der Waals surface area contributed by atoms with Crippen LogP contribution in [-0.2, 0) is 4.79 Å². The summed E-state index contributed by atoms with van der Waals surface area (Å²) in [6, 6.07) is 8.90. The molecule has 0 unspecified atom stereocenters. The molecule has 13 heavy (non-hydrogen) atoms. The van der Waals surface area contributed by atoms with Gasteiger partial charge < -0.3 is 10.4 Å². The number of benzene rings is 1. The zero-order valence-corrected chi connectivity index (χ0v) is 7.32. The molecule has 0 amide bonds. The van der Waals surface area contributed by atoms with Gasteiger partial charge in [0.2, 0.25) is 0 Å². The predicted octanol–water partition coefficient (Wildman–Crippen LogP) is 1.33. The number of carbonyl (C=O) groups excluding carboxylic acids is 1. The molecule has 0 heterocycles. The van der Waals surface area contributed by atoms with Gasteiger partial charge in [-0.2, -0.15) is 0 Å². The van der Waals surface area contributed by atoms with Crippen molar-refractivity contribution in [3.05, 3.63) is 41.6 Å². The number of aldehydes is 1. The molecule has 3 nitrogen and oxygen atoms in total. The van der Waals surface area contributed by atoms with E-state index in [9.17, 15) is 9.90 Å². The van der Waals surface area contributed by atoms with E-state index in [1.54, 1.807) is 31.3 Å². The van der Waals surface area contributed by atoms with Gasteiger partial charge in [-0.15, -0.1) is 0 Å². The monoisotopic (exact) mass is 177 g/mol. The Hall–Kier alpha value is -1.77. The smallest absolute Gasteiger partial charge is 0.169 e. The number of likely N-dealkylation sites (N-methyl/N-ethyl adjacent to an activating group) is 1. The molecule has 0 aliphatic carbocycles. The Morgan fingerprint density at radius 1 is 1.38 bits per heavy atom. The first-order valence-corrected chi connectivity index (χ1v) is 3.91. The minimum Gasteiger partial charge on any atom is -0.505 e. The van der Waals surface area contributed by atoms with E-state index >= 15 is 0 Å². The summed E-state index contributed by atoms with van der Waals surface area (Å²) >= 11 is 0. The molecule has 0 saturated heterocycles. The van der Waals surface area contributed by atoms with Crippen molar-refractivity contribution in [2.45, 2.75) is 0 Å². The lowest BCUT2D eigenvalue weighted by Crippen LogP contribution is -2.09. The number of hydrogen-bond donors (Lipinski definition) is 2. The van der Waals surface area contributed by atoms with Crippen LogP contribution in [0.2, 0.25) is 0 Å². The number of rotatable bonds is 3. The number of aliphatic hydroxyl groups excluding tert-OH is 1. The number of nitrogens with one attached hydrogen (secondary N) is 1. The number of allylic oxidation sites excluding steroid dienone is 1. The maximum absolute atomic E-state index is 10.5. The van der Waals surface area contributed by atoms with Gasteiger partial charge in [0.1, 0.15) is 11.5 Å². The zero-order valence-electron chi connectivity index (χ0n) is 7.32. The SMILES string of the molecule is CN/C(C=O)=C(\O)c1ccccc1. The fraction of sp³-hybridized carbons (Fsp3) is 0.100. The van der Waals surface area contributed by atoms with E-state index in [1.165, 1.54) is 0 Å². The second kappa shape index (κ2) is 4.30. The summed E-state index contributed by atoms with van der Waals surface area (Å²) in [6.07, 6.45) is 0.586. The Balaban J connectivity index is 3.08. The first kappa shape index (κ1) is 9.32. The quantitative estimate of drug-likeness (QED) is 0.416. The Labute approximate surface area is 76.7 Å². The fourth-order valence-corrected chi connectivity index (χ4v) is 0.985. The lowest BCUT2D eigenvalue weighted by molar-refractivity contribution is -0.105. The summed E-state index contributed by atoms with van der Waals surface area (Å²) in [4.78, 5) is 10.5. The van der Waals surface area contributed by atoms with Gasteiger partial charge in [-0.25, -0.2) is 0 Å². The van der Waals surface area contributed by atoms with Crippen LogP contribution in [0.5, 0.6) is 0 Å². The van der Waals surface area contributed by atoms with Crippen LogP contribution in [-0.4, -0.2) is 18.4 Å². The van der Waals surface area contributed by atoms with Gasteiger partial charge in [0.25, 0.3) is 0 Å². The number of hydrogen-bond acceptors (Lipinski definition) is 3. The Bertz CT molecular complexity index is 317. The number of aliphatic hydroxyl groups is 1. The first-order chi connectivity index (χ1) is 6.29. The predicted molar refractivity (Wildman–Crippen MR) is 51.1 cm³/mol. The topological polar surface area (TPSA) is 49.3 Å². The van der Waals surface area contributed by atoms with Crippen LogP contribution in [0.3, 0.4) is 0 Å². The van der Waals surface area contributed by atoms with Gasteiger partial charge in [-0.3, -0.25) is 4.79 Å². The van der Waals surface area contributed by atoms with Crippen LogP contribution in [0.25, 0.3) is 5.76 Å². The van der Waals surface area contributed by atoms with Crippen molar-refractivity contribution in [3.8, 4) is 0 Å². The molecular formula is C10H11NO2. The summed E-state index contributed by atoms with van der Waals surface area (Å²) in [6.45, 7) is 0. The van der Waals surface area contributed by atoms with Crippen LogP contribution in [0.4, 0.5) is 0 Å². The van der Waals surface area contributed by atoms with Crippen LogP contribution in [0.15, 0.2) is 36.0 Å². The van der Waals surface area contributed by atoms with Crippen molar-refractivity contribution >= 4 is 12.0 Å². The summed E-state index contributed by atoms with van der Waals surface area (Å²) < 4.78 is 0. The van der Waals surface area contributed by atoms with E-state index in [1.807, 2.05) is 6.07 Å². The molecule has 1 aromatic carbocycles. The van der Waals surface area contributed by atoms with Gasteiger partial charge in [-0.05, 0) is 0 Å². The zero-order chi connectivity index (χ0) is 9.68. The Morgan fingerprint density at radius 3 is 2.46 bits per heavy atom. The molecule has 68 valence electrons. The van der Waals surface area contributed by atoms with E-state index in [2.05, 4.69) is 5.32 Å². The van der Waals surface area contributed by atoms with E-state index < -0.39 is 0 Å². The molecule has 1 rings (SSSR count). The average molecular weight is 177 g/mol. The Morgan fingerprint density at radius 2 is 2.00 bits per heavy atom. The summed E-state index contributed by atoms with van der Waals surface area (Å²) in [5.41, 5.74) is 0.810.